The lowest BCUT2D eigenvalue weighted by Crippen LogP contribution is -2.37. The largest absolute Gasteiger partial charge is 0.391 e. The standard InChI is InChI=1S/C11H14ClNO.C7H8O3S/c12-9-5-3-8(4-6-9)11-10(14)2-1-7-13-11;1-6-2-4-7(5-3-6)11(8,9)10/h3-6,10-11,13-14H,1-2,7H2;2-5H,1H3,(H,8,9,10)/t10-,11-;/m0./s1. The van der Waals surface area contributed by atoms with Crippen LogP contribution in [0.25, 0.3) is 0 Å². The van der Waals surface area contributed by atoms with Gasteiger partial charge in [0.25, 0.3) is 10.1 Å². The van der Waals surface area contributed by atoms with Gasteiger partial charge in [0, 0.05) is 5.02 Å². The van der Waals surface area contributed by atoms with Gasteiger partial charge in [-0.05, 0) is 56.1 Å². The fourth-order valence-corrected chi connectivity index (χ4v) is 3.20. The second-order valence-corrected chi connectivity index (χ2v) is 7.84. The molecule has 25 heavy (non-hydrogen) atoms. The molecule has 2 atom stereocenters. The zero-order chi connectivity index (χ0) is 18.4. The van der Waals surface area contributed by atoms with E-state index in [0.29, 0.717) is 0 Å². The van der Waals surface area contributed by atoms with E-state index >= 15 is 0 Å². The van der Waals surface area contributed by atoms with E-state index in [1.54, 1.807) is 12.1 Å². The maximum atomic E-state index is 10.5. The maximum absolute atomic E-state index is 10.5. The number of halogens is 1. The Morgan fingerprint density at radius 1 is 1.08 bits per heavy atom. The topological polar surface area (TPSA) is 86.6 Å². The van der Waals surface area contributed by atoms with Crippen LogP contribution in [0, 0.1) is 6.92 Å². The summed E-state index contributed by atoms with van der Waals surface area (Å²) in [7, 11) is -4.02. The van der Waals surface area contributed by atoms with Gasteiger partial charge in [-0.3, -0.25) is 4.55 Å². The minimum atomic E-state index is -4.02. The molecule has 1 aliphatic heterocycles. The lowest BCUT2D eigenvalue weighted by Gasteiger charge is -2.29. The number of nitrogens with one attached hydrogen (secondary N) is 1. The highest BCUT2D eigenvalue weighted by molar-refractivity contribution is 7.85. The summed E-state index contributed by atoms with van der Waals surface area (Å²) in [4.78, 5) is -0.0666. The van der Waals surface area contributed by atoms with Gasteiger partial charge in [0.1, 0.15) is 0 Å². The van der Waals surface area contributed by atoms with E-state index in [-0.39, 0.29) is 17.0 Å². The van der Waals surface area contributed by atoms with Gasteiger partial charge in [-0.15, -0.1) is 0 Å². The zero-order valence-electron chi connectivity index (χ0n) is 13.9. The number of aliphatic hydroxyl groups is 1. The van der Waals surface area contributed by atoms with E-state index in [1.807, 2.05) is 31.2 Å². The first-order chi connectivity index (χ1) is 11.8. The number of hydrogen-bond acceptors (Lipinski definition) is 4. The average Bonchev–Trinajstić information content (AvgIpc) is 2.56. The van der Waals surface area contributed by atoms with Crippen molar-refractivity contribution in [3.8, 4) is 0 Å². The van der Waals surface area contributed by atoms with Crippen LogP contribution in [0.3, 0.4) is 0 Å². The molecule has 3 N–H and O–H groups in total. The van der Waals surface area contributed by atoms with Crippen LogP contribution in [0.1, 0.15) is 30.0 Å². The summed E-state index contributed by atoms with van der Waals surface area (Å²) in [5.74, 6) is 0. The molecule has 2 aromatic carbocycles. The van der Waals surface area contributed by atoms with Gasteiger partial charge in [0.2, 0.25) is 0 Å². The van der Waals surface area contributed by atoms with Gasteiger partial charge in [0.15, 0.2) is 0 Å². The fourth-order valence-electron chi connectivity index (χ4n) is 2.59. The molecule has 2 aromatic rings. The molecule has 1 fully saturated rings. The highest BCUT2D eigenvalue weighted by Crippen LogP contribution is 2.24. The molecular formula is C18H22ClNO4S. The Hall–Kier alpha value is -1.44. The Balaban J connectivity index is 0.000000186. The zero-order valence-corrected chi connectivity index (χ0v) is 15.5. The van der Waals surface area contributed by atoms with E-state index < -0.39 is 10.1 Å². The SMILES string of the molecule is Cc1ccc(S(=O)(=O)O)cc1.O[C@H]1CCCN[C@H]1c1ccc(Cl)cc1. The first-order valence-corrected chi connectivity index (χ1v) is 9.80. The van der Waals surface area contributed by atoms with Gasteiger partial charge in [0.05, 0.1) is 17.0 Å². The van der Waals surface area contributed by atoms with Gasteiger partial charge in [-0.25, -0.2) is 0 Å². The predicted octanol–water partition coefficient (Wildman–Crippen LogP) is 3.37. The summed E-state index contributed by atoms with van der Waals surface area (Å²) < 4.78 is 29.6. The molecule has 0 amide bonds. The lowest BCUT2D eigenvalue weighted by atomic mass is 9.95. The molecule has 0 bridgehead atoms. The van der Waals surface area contributed by atoms with E-state index in [4.69, 9.17) is 16.2 Å². The van der Waals surface area contributed by atoms with Crippen molar-refractivity contribution >= 4 is 21.7 Å². The van der Waals surface area contributed by atoms with Crippen LogP contribution < -0.4 is 5.32 Å². The lowest BCUT2D eigenvalue weighted by molar-refractivity contribution is 0.0965. The molecule has 136 valence electrons. The number of piperidine rings is 1. The summed E-state index contributed by atoms with van der Waals surface area (Å²) in [5, 5.41) is 13.8. The first-order valence-electron chi connectivity index (χ1n) is 7.98. The monoisotopic (exact) mass is 383 g/mol. The van der Waals surface area contributed by atoms with Gasteiger partial charge < -0.3 is 10.4 Å². The van der Waals surface area contributed by atoms with Crippen molar-refractivity contribution in [2.45, 2.75) is 36.8 Å². The minimum absolute atomic E-state index is 0.0666. The van der Waals surface area contributed by atoms with Crippen LogP contribution in [-0.2, 0) is 10.1 Å². The summed E-state index contributed by atoms with van der Waals surface area (Å²) >= 11 is 5.80. The molecule has 0 aromatic heterocycles. The third kappa shape index (κ3) is 6.09. The maximum Gasteiger partial charge on any atom is 0.294 e. The van der Waals surface area contributed by atoms with Crippen molar-refractivity contribution in [2.75, 3.05) is 6.54 Å². The van der Waals surface area contributed by atoms with Crippen LogP contribution in [0.15, 0.2) is 53.4 Å². The third-order valence-electron chi connectivity index (χ3n) is 3.97. The van der Waals surface area contributed by atoms with Crippen molar-refractivity contribution < 1.29 is 18.1 Å². The molecule has 1 saturated heterocycles. The van der Waals surface area contributed by atoms with Crippen LogP contribution in [-0.4, -0.2) is 30.7 Å². The second-order valence-electron chi connectivity index (χ2n) is 5.98. The van der Waals surface area contributed by atoms with E-state index in [9.17, 15) is 13.5 Å². The number of hydrogen-bond donors (Lipinski definition) is 3. The van der Waals surface area contributed by atoms with Gasteiger partial charge in [-0.2, -0.15) is 8.42 Å². The first kappa shape index (κ1) is 19.9. The van der Waals surface area contributed by atoms with Crippen LogP contribution in [0.2, 0.25) is 5.02 Å². The molecule has 0 saturated carbocycles. The highest BCUT2D eigenvalue weighted by atomic mass is 35.5. The number of rotatable bonds is 2. The number of aliphatic hydroxyl groups excluding tert-OH is 1. The Labute approximate surface area is 153 Å². The van der Waals surface area contributed by atoms with Crippen molar-refractivity contribution in [1.82, 2.24) is 5.32 Å². The average molecular weight is 384 g/mol. The third-order valence-corrected chi connectivity index (χ3v) is 5.09. The molecule has 3 rings (SSSR count). The number of benzene rings is 2. The Kier molecular flexibility index (Phi) is 6.98. The predicted molar refractivity (Wildman–Crippen MR) is 98.4 cm³/mol. The van der Waals surface area contributed by atoms with E-state index in [1.165, 1.54) is 12.1 Å². The molecule has 0 radical (unpaired) electrons. The summed E-state index contributed by atoms with van der Waals surface area (Å²) in [6.45, 7) is 2.82. The van der Waals surface area contributed by atoms with Crippen molar-refractivity contribution in [2.24, 2.45) is 0 Å². The van der Waals surface area contributed by atoms with Crippen molar-refractivity contribution in [3.63, 3.8) is 0 Å². The van der Waals surface area contributed by atoms with Gasteiger partial charge >= 0.3 is 0 Å². The van der Waals surface area contributed by atoms with Crippen molar-refractivity contribution in [3.05, 3.63) is 64.7 Å². The quantitative estimate of drug-likeness (QED) is 0.692. The smallest absolute Gasteiger partial charge is 0.294 e. The number of aryl methyl sites for hydroxylation is 1. The normalized spacial score (nSPS) is 20.5. The Morgan fingerprint density at radius 2 is 1.68 bits per heavy atom. The Morgan fingerprint density at radius 3 is 2.20 bits per heavy atom. The molecule has 1 heterocycles. The molecule has 0 spiro atoms. The molecule has 7 heteroatoms. The summed E-state index contributed by atoms with van der Waals surface area (Å²) in [6.07, 6.45) is 1.65. The van der Waals surface area contributed by atoms with Crippen LogP contribution in [0.5, 0.6) is 0 Å². The molecule has 0 aliphatic carbocycles. The molecule has 1 aliphatic rings. The van der Waals surface area contributed by atoms with Crippen LogP contribution >= 0.6 is 11.6 Å². The molecular weight excluding hydrogens is 362 g/mol. The molecule has 0 unspecified atom stereocenters. The van der Waals surface area contributed by atoms with E-state index in [2.05, 4.69) is 5.32 Å². The van der Waals surface area contributed by atoms with Crippen molar-refractivity contribution in [1.29, 1.82) is 0 Å². The summed E-state index contributed by atoms with van der Waals surface area (Å²) in [5.41, 5.74) is 2.07. The Bertz CT molecular complexity index is 776. The van der Waals surface area contributed by atoms with E-state index in [0.717, 1.165) is 35.5 Å². The van der Waals surface area contributed by atoms with Gasteiger partial charge in [-0.1, -0.05) is 41.4 Å². The fraction of sp³-hybridized carbons (Fsp3) is 0.333. The second kappa shape index (κ2) is 8.78. The van der Waals surface area contributed by atoms with Crippen LogP contribution in [0.4, 0.5) is 0 Å². The summed E-state index contributed by atoms with van der Waals surface area (Å²) in [6, 6.07) is 13.7. The molecule has 5 nitrogen and oxygen atoms in total. The highest BCUT2D eigenvalue weighted by Gasteiger charge is 2.23. The minimum Gasteiger partial charge on any atom is -0.391 e.